The Kier molecular flexibility index (Phi) is 5.76. The molecule has 0 bridgehead atoms. The molecule has 1 saturated heterocycles. The summed E-state index contributed by atoms with van der Waals surface area (Å²) in [7, 11) is 0. The molecule has 2 heterocycles. The number of fused-ring (bicyclic) bond motifs is 1. The highest BCUT2D eigenvalue weighted by Crippen LogP contribution is 2.35. The minimum atomic E-state index is -0.772. The van der Waals surface area contributed by atoms with E-state index in [9.17, 15) is 24.5 Å². The number of hydrogen-bond donors (Lipinski definition) is 0. The number of nitro groups is 1. The van der Waals surface area contributed by atoms with E-state index in [0.29, 0.717) is 6.54 Å². The topological polar surface area (TPSA) is 119 Å². The van der Waals surface area contributed by atoms with Crippen LogP contribution in [0.5, 0.6) is 5.75 Å². The third-order valence-electron chi connectivity index (χ3n) is 4.86. The second-order valence-electron chi connectivity index (χ2n) is 6.77. The lowest BCUT2D eigenvalue weighted by Gasteiger charge is -2.33. The zero-order valence-corrected chi connectivity index (χ0v) is 15.5. The van der Waals surface area contributed by atoms with Gasteiger partial charge in [-0.3, -0.25) is 29.4 Å². The summed E-state index contributed by atoms with van der Waals surface area (Å²) in [6.45, 7) is 1.44. The lowest BCUT2D eigenvalue weighted by atomic mass is 10.0. The van der Waals surface area contributed by atoms with E-state index in [2.05, 4.69) is 0 Å². The highest BCUT2D eigenvalue weighted by molar-refractivity contribution is 6.01. The van der Waals surface area contributed by atoms with Crippen LogP contribution in [0, 0.1) is 10.1 Å². The highest BCUT2D eigenvalue weighted by Gasteiger charge is 2.30. The summed E-state index contributed by atoms with van der Waals surface area (Å²) < 4.78 is 10.3. The summed E-state index contributed by atoms with van der Waals surface area (Å²) in [5.41, 5.74) is -0.108. The van der Waals surface area contributed by atoms with Crippen LogP contribution in [0.25, 0.3) is 0 Å². The molecule has 150 valence electrons. The van der Waals surface area contributed by atoms with Gasteiger partial charge in [-0.25, -0.2) is 0 Å². The van der Waals surface area contributed by atoms with Gasteiger partial charge in [0, 0.05) is 24.7 Å². The smallest absolute Gasteiger partial charge is 0.326 e. The first kappa shape index (κ1) is 19.6. The number of benzene rings is 1. The number of hydrogen-bond acceptors (Lipinski definition) is 7. The number of likely N-dealkylation sites (tertiary alicyclic amines) is 1. The van der Waals surface area contributed by atoms with E-state index in [0.717, 1.165) is 24.2 Å². The van der Waals surface area contributed by atoms with Crippen LogP contribution >= 0.6 is 0 Å². The van der Waals surface area contributed by atoms with Gasteiger partial charge >= 0.3 is 5.97 Å². The summed E-state index contributed by atoms with van der Waals surface area (Å²) in [6.07, 6.45) is 2.90. The molecule has 0 aromatic heterocycles. The summed E-state index contributed by atoms with van der Waals surface area (Å²) in [6, 6.07) is 3.90. The average molecular weight is 391 g/mol. The van der Waals surface area contributed by atoms with Crippen molar-refractivity contribution in [3.05, 3.63) is 28.3 Å². The largest absolute Gasteiger partial charge is 0.482 e. The Bertz CT molecular complexity index is 810. The monoisotopic (exact) mass is 391 g/mol. The molecule has 0 saturated carbocycles. The normalized spacial score (nSPS) is 18.9. The van der Waals surface area contributed by atoms with Crippen molar-refractivity contribution < 1.29 is 28.8 Å². The van der Waals surface area contributed by atoms with Gasteiger partial charge in [0.1, 0.15) is 12.3 Å². The van der Waals surface area contributed by atoms with Gasteiger partial charge < -0.3 is 14.4 Å². The zero-order chi connectivity index (χ0) is 20.3. The van der Waals surface area contributed by atoms with Gasteiger partial charge in [0.05, 0.1) is 10.6 Å². The fraction of sp³-hybridized carbons (Fsp3) is 0.500. The molecule has 1 aromatic rings. The molecule has 0 radical (unpaired) electrons. The summed E-state index contributed by atoms with van der Waals surface area (Å²) in [5.74, 6) is -1.31. The molecule has 0 N–H and O–H groups in total. The van der Waals surface area contributed by atoms with Crippen LogP contribution < -0.4 is 9.64 Å². The van der Waals surface area contributed by atoms with E-state index in [-0.39, 0.29) is 35.7 Å². The highest BCUT2D eigenvalue weighted by atomic mass is 16.6. The number of nitrogens with zero attached hydrogens (tertiary/aromatic N) is 3. The first-order valence-corrected chi connectivity index (χ1v) is 9.03. The molecule has 28 heavy (non-hydrogen) atoms. The predicted molar refractivity (Wildman–Crippen MR) is 96.9 cm³/mol. The maximum Gasteiger partial charge on any atom is 0.326 e. The Balaban J connectivity index is 1.64. The predicted octanol–water partition coefficient (Wildman–Crippen LogP) is 1.26. The molecule has 0 spiro atoms. The number of esters is 1. The SMILES string of the molecule is C[C@@H]1CCCCN1C(=O)COC(=O)CN1C(=O)COc2ccc([N+](=O)[O-])cc21. The minimum absolute atomic E-state index is 0.105. The summed E-state index contributed by atoms with van der Waals surface area (Å²) in [5, 5.41) is 11.0. The molecule has 1 atom stereocenters. The van der Waals surface area contributed by atoms with Gasteiger partial charge in [-0.05, 0) is 32.3 Å². The number of anilines is 1. The van der Waals surface area contributed by atoms with E-state index >= 15 is 0 Å². The third kappa shape index (κ3) is 4.21. The van der Waals surface area contributed by atoms with Crippen LogP contribution in [0.15, 0.2) is 18.2 Å². The Hall–Kier alpha value is -3.17. The molecule has 0 aliphatic carbocycles. The van der Waals surface area contributed by atoms with Gasteiger partial charge in [-0.2, -0.15) is 0 Å². The molecule has 3 rings (SSSR count). The number of amides is 2. The fourth-order valence-corrected chi connectivity index (χ4v) is 3.35. The Labute approximate surface area is 161 Å². The molecule has 10 heteroatoms. The maximum absolute atomic E-state index is 12.3. The van der Waals surface area contributed by atoms with Crippen LogP contribution in [0.1, 0.15) is 26.2 Å². The average Bonchev–Trinajstić information content (AvgIpc) is 2.68. The number of carbonyl (C=O) groups is 3. The quantitative estimate of drug-likeness (QED) is 0.421. The number of non-ortho nitro benzene ring substituents is 1. The van der Waals surface area contributed by atoms with E-state index in [1.54, 1.807) is 4.90 Å². The standard InChI is InChI=1S/C18H21N3O7/c1-12-4-2-3-7-19(12)16(22)11-28-18(24)9-20-14-8-13(21(25)26)5-6-15(14)27-10-17(20)23/h5-6,8,12H,2-4,7,9-11H2,1H3/t12-/m1/s1. The van der Waals surface area contributed by atoms with Crippen LogP contribution in [0.3, 0.4) is 0 Å². The van der Waals surface area contributed by atoms with E-state index in [1.165, 1.54) is 18.2 Å². The van der Waals surface area contributed by atoms with Crippen molar-refractivity contribution >= 4 is 29.2 Å². The van der Waals surface area contributed by atoms with Gasteiger partial charge in [0.25, 0.3) is 17.5 Å². The van der Waals surface area contributed by atoms with Crippen molar-refractivity contribution in [1.29, 1.82) is 0 Å². The van der Waals surface area contributed by atoms with Crippen molar-refractivity contribution in [3.63, 3.8) is 0 Å². The van der Waals surface area contributed by atoms with E-state index in [4.69, 9.17) is 9.47 Å². The molecular formula is C18H21N3O7. The van der Waals surface area contributed by atoms with Gasteiger partial charge in [-0.1, -0.05) is 0 Å². The fourth-order valence-electron chi connectivity index (χ4n) is 3.35. The number of nitro benzene ring substituents is 1. The molecule has 1 aromatic carbocycles. The molecule has 2 amide bonds. The summed E-state index contributed by atoms with van der Waals surface area (Å²) in [4.78, 5) is 49.7. The first-order valence-electron chi connectivity index (χ1n) is 9.03. The van der Waals surface area contributed by atoms with Crippen molar-refractivity contribution in [2.75, 3.05) is 31.2 Å². The van der Waals surface area contributed by atoms with Crippen molar-refractivity contribution in [2.45, 2.75) is 32.2 Å². The number of carbonyl (C=O) groups excluding carboxylic acids is 3. The maximum atomic E-state index is 12.3. The van der Waals surface area contributed by atoms with Gasteiger partial charge in [-0.15, -0.1) is 0 Å². The van der Waals surface area contributed by atoms with Crippen LogP contribution in [-0.4, -0.2) is 60.0 Å². The first-order chi connectivity index (χ1) is 13.4. The third-order valence-corrected chi connectivity index (χ3v) is 4.86. The zero-order valence-electron chi connectivity index (χ0n) is 15.5. The number of rotatable bonds is 5. The van der Waals surface area contributed by atoms with Gasteiger partial charge in [0.2, 0.25) is 0 Å². The van der Waals surface area contributed by atoms with Gasteiger partial charge in [0.15, 0.2) is 13.2 Å². The van der Waals surface area contributed by atoms with E-state index < -0.39 is 30.0 Å². The molecule has 10 nitrogen and oxygen atoms in total. The lowest BCUT2D eigenvalue weighted by molar-refractivity contribution is -0.384. The summed E-state index contributed by atoms with van der Waals surface area (Å²) >= 11 is 0. The molecule has 2 aliphatic rings. The Morgan fingerprint density at radius 3 is 2.86 bits per heavy atom. The molecular weight excluding hydrogens is 370 g/mol. The Morgan fingerprint density at radius 2 is 2.14 bits per heavy atom. The van der Waals surface area contributed by atoms with Crippen LogP contribution in [0.2, 0.25) is 0 Å². The van der Waals surface area contributed by atoms with Crippen LogP contribution in [-0.2, 0) is 19.1 Å². The Morgan fingerprint density at radius 1 is 1.36 bits per heavy atom. The van der Waals surface area contributed by atoms with Crippen molar-refractivity contribution in [3.8, 4) is 5.75 Å². The molecule has 2 aliphatic heterocycles. The van der Waals surface area contributed by atoms with Crippen molar-refractivity contribution in [2.24, 2.45) is 0 Å². The molecule has 1 fully saturated rings. The minimum Gasteiger partial charge on any atom is -0.482 e. The second-order valence-corrected chi connectivity index (χ2v) is 6.77. The van der Waals surface area contributed by atoms with E-state index in [1.807, 2.05) is 6.92 Å². The lowest BCUT2D eigenvalue weighted by Crippen LogP contribution is -2.45. The second kappa shape index (κ2) is 8.24. The molecule has 0 unspecified atom stereocenters. The van der Waals surface area contributed by atoms with Crippen LogP contribution in [0.4, 0.5) is 11.4 Å². The van der Waals surface area contributed by atoms with Crippen molar-refractivity contribution in [1.82, 2.24) is 4.90 Å². The number of piperidine rings is 1. The number of ether oxygens (including phenoxy) is 2.